The molecule has 1 fully saturated rings. The van der Waals surface area contributed by atoms with Crippen LogP contribution >= 0.6 is 0 Å². The number of aliphatic carboxylic acids is 1. The number of carboxylic acids is 1. The van der Waals surface area contributed by atoms with Crippen molar-refractivity contribution < 1.29 is 23.8 Å². The zero-order valence-electron chi connectivity index (χ0n) is 13.3. The number of fused-ring (bicyclic) bond motifs is 1. The molecule has 2 heterocycles. The van der Waals surface area contributed by atoms with Gasteiger partial charge in [-0.3, -0.25) is 14.4 Å². The van der Waals surface area contributed by atoms with Crippen molar-refractivity contribution >= 4 is 22.8 Å². The Balaban J connectivity index is 1.87. The van der Waals surface area contributed by atoms with Crippen LogP contribution in [0.1, 0.15) is 23.2 Å². The van der Waals surface area contributed by atoms with E-state index < -0.39 is 28.7 Å². The molecule has 3 rings (SSSR count). The van der Waals surface area contributed by atoms with Crippen LogP contribution in [0.25, 0.3) is 10.9 Å². The van der Waals surface area contributed by atoms with Crippen LogP contribution in [-0.2, 0) is 9.53 Å². The number of nitrogens with one attached hydrogen (secondary N) is 2. The van der Waals surface area contributed by atoms with Crippen molar-refractivity contribution in [3.8, 4) is 0 Å². The lowest BCUT2D eigenvalue weighted by Crippen LogP contribution is -2.46. The van der Waals surface area contributed by atoms with Crippen molar-refractivity contribution in [1.82, 2.24) is 10.3 Å². The molecule has 0 atom stereocenters. The van der Waals surface area contributed by atoms with Crippen molar-refractivity contribution in [2.45, 2.75) is 12.8 Å². The Hall–Kier alpha value is -2.74. The van der Waals surface area contributed by atoms with Crippen LogP contribution in [0.5, 0.6) is 0 Å². The fourth-order valence-electron chi connectivity index (χ4n) is 2.99. The molecule has 1 saturated heterocycles. The normalized spacial score (nSPS) is 16.5. The lowest BCUT2D eigenvalue weighted by Gasteiger charge is -2.33. The third kappa shape index (κ3) is 3.39. The summed E-state index contributed by atoms with van der Waals surface area (Å²) in [6.07, 6.45) is 0.591. The minimum absolute atomic E-state index is 0.0694. The van der Waals surface area contributed by atoms with Crippen molar-refractivity contribution in [1.29, 1.82) is 0 Å². The van der Waals surface area contributed by atoms with Crippen molar-refractivity contribution in [2.24, 2.45) is 5.41 Å². The van der Waals surface area contributed by atoms with E-state index in [0.29, 0.717) is 31.4 Å². The number of carbonyl (C=O) groups excluding carboxylic acids is 1. The Labute approximate surface area is 141 Å². The topological polar surface area (TPSA) is 108 Å². The van der Waals surface area contributed by atoms with Gasteiger partial charge in [0.25, 0.3) is 5.91 Å². The highest BCUT2D eigenvalue weighted by molar-refractivity contribution is 6.06. The Morgan fingerprint density at radius 1 is 1.28 bits per heavy atom. The van der Waals surface area contributed by atoms with Crippen LogP contribution in [-0.4, -0.2) is 41.7 Å². The maximum Gasteiger partial charge on any atom is 0.311 e. The third-order valence-corrected chi connectivity index (χ3v) is 4.54. The summed E-state index contributed by atoms with van der Waals surface area (Å²) < 4.78 is 18.5. The van der Waals surface area contributed by atoms with Crippen LogP contribution in [0.2, 0.25) is 0 Å². The quantitative estimate of drug-likeness (QED) is 0.771. The van der Waals surface area contributed by atoms with Gasteiger partial charge in [0.2, 0.25) is 5.56 Å². The monoisotopic (exact) mass is 348 g/mol. The van der Waals surface area contributed by atoms with Gasteiger partial charge in [-0.2, -0.15) is 0 Å². The zero-order chi connectivity index (χ0) is 18.0. The SMILES string of the molecule is O=C(NCC1(C(=O)O)CCOCC1)c1cc(=O)[nH]c2cc(F)ccc12. The number of H-pyrrole nitrogens is 1. The molecular formula is C17H17FN2O5. The molecule has 0 spiro atoms. The molecule has 1 aliphatic heterocycles. The number of pyridine rings is 1. The summed E-state index contributed by atoms with van der Waals surface area (Å²) in [5.74, 6) is -2.10. The number of rotatable bonds is 4. The Morgan fingerprint density at radius 2 is 2.00 bits per heavy atom. The van der Waals surface area contributed by atoms with E-state index in [0.717, 1.165) is 12.1 Å². The van der Waals surface area contributed by atoms with Gasteiger partial charge in [0.15, 0.2) is 0 Å². The first-order valence-electron chi connectivity index (χ1n) is 7.83. The summed E-state index contributed by atoms with van der Waals surface area (Å²) in [5.41, 5.74) is -1.35. The summed E-state index contributed by atoms with van der Waals surface area (Å²) in [6.45, 7) is 0.560. The minimum Gasteiger partial charge on any atom is -0.481 e. The highest BCUT2D eigenvalue weighted by Crippen LogP contribution is 2.30. The van der Waals surface area contributed by atoms with Crippen molar-refractivity contribution in [3.63, 3.8) is 0 Å². The molecule has 0 bridgehead atoms. The van der Waals surface area contributed by atoms with Gasteiger partial charge in [0.05, 0.1) is 16.5 Å². The molecular weight excluding hydrogens is 331 g/mol. The Bertz CT molecular complexity index is 886. The molecule has 2 aromatic rings. The number of ether oxygens (including phenoxy) is 1. The summed E-state index contributed by atoms with van der Waals surface area (Å²) in [4.78, 5) is 38.3. The second-order valence-corrected chi connectivity index (χ2v) is 6.12. The largest absolute Gasteiger partial charge is 0.481 e. The average molecular weight is 348 g/mol. The van der Waals surface area contributed by atoms with E-state index in [-0.39, 0.29) is 17.6 Å². The zero-order valence-corrected chi connectivity index (χ0v) is 13.3. The first-order valence-corrected chi connectivity index (χ1v) is 7.83. The second-order valence-electron chi connectivity index (χ2n) is 6.12. The molecule has 132 valence electrons. The predicted octanol–water partition coefficient (Wildman–Crippen LogP) is 1.28. The molecule has 1 aromatic carbocycles. The number of amides is 1. The highest BCUT2D eigenvalue weighted by atomic mass is 19.1. The number of hydrogen-bond acceptors (Lipinski definition) is 4. The maximum atomic E-state index is 13.3. The fourth-order valence-corrected chi connectivity index (χ4v) is 2.99. The second kappa shape index (κ2) is 6.64. The molecule has 7 nitrogen and oxygen atoms in total. The molecule has 1 amide bonds. The van der Waals surface area contributed by atoms with Crippen molar-refractivity contribution in [3.05, 3.63) is 46.0 Å². The minimum atomic E-state index is -1.09. The van der Waals surface area contributed by atoms with E-state index in [2.05, 4.69) is 10.3 Å². The van der Waals surface area contributed by atoms with Crippen LogP contribution in [0.4, 0.5) is 4.39 Å². The molecule has 25 heavy (non-hydrogen) atoms. The first-order chi connectivity index (χ1) is 11.9. The first kappa shape index (κ1) is 17.1. The molecule has 0 aliphatic carbocycles. The van der Waals surface area contributed by atoms with E-state index in [1.54, 1.807) is 0 Å². The molecule has 0 radical (unpaired) electrons. The van der Waals surface area contributed by atoms with Gasteiger partial charge in [-0.05, 0) is 31.0 Å². The van der Waals surface area contributed by atoms with E-state index >= 15 is 0 Å². The lowest BCUT2D eigenvalue weighted by atomic mass is 9.80. The summed E-state index contributed by atoms with van der Waals surface area (Å²) >= 11 is 0. The molecule has 1 aromatic heterocycles. The number of carbonyl (C=O) groups is 2. The Kier molecular flexibility index (Phi) is 4.54. The number of aromatic amines is 1. The van der Waals surface area contributed by atoms with E-state index in [1.165, 1.54) is 12.1 Å². The average Bonchev–Trinajstić information content (AvgIpc) is 2.59. The summed E-state index contributed by atoms with van der Waals surface area (Å²) in [5, 5.41) is 12.5. The van der Waals surface area contributed by atoms with Crippen molar-refractivity contribution in [2.75, 3.05) is 19.8 Å². The number of halogens is 1. The molecule has 3 N–H and O–H groups in total. The van der Waals surface area contributed by atoms with Crippen LogP contribution in [0.15, 0.2) is 29.1 Å². The molecule has 1 aliphatic rings. The summed E-state index contributed by atoms with van der Waals surface area (Å²) in [6, 6.07) is 4.84. The predicted molar refractivity (Wildman–Crippen MR) is 87.0 cm³/mol. The number of carboxylic acid groups (broad SMARTS) is 1. The van der Waals surface area contributed by atoms with Gasteiger partial charge < -0.3 is 20.1 Å². The van der Waals surface area contributed by atoms with Gasteiger partial charge in [-0.1, -0.05) is 0 Å². The molecule has 8 heteroatoms. The van der Waals surface area contributed by atoms with E-state index in [9.17, 15) is 23.9 Å². The van der Waals surface area contributed by atoms with Gasteiger partial charge in [0, 0.05) is 31.2 Å². The van der Waals surface area contributed by atoms with Gasteiger partial charge in [0.1, 0.15) is 5.82 Å². The molecule has 0 unspecified atom stereocenters. The highest BCUT2D eigenvalue weighted by Gasteiger charge is 2.40. The van der Waals surface area contributed by atoms with Gasteiger partial charge >= 0.3 is 5.97 Å². The van der Waals surface area contributed by atoms with E-state index in [4.69, 9.17) is 4.74 Å². The van der Waals surface area contributed by atoms with Crippen LogP contribution in [0.3, 0.4) is 0 Å². The Morgan fingerprint density at radius 3 is 2.68 bits per heavy atom. The van der Waals surface area contributed by atoms with Gasteiger partial charge in [-0.15, -0.1) is 0 Å². The van der Waals surface area contributed by atoms with Gasteiger partial charge in [-0.25, -0.2) is 4.39 Å². The van der Waals surface area contributed by atoms with Crippen LogP contribution in [0, 0.1) is 11.2 Å². The summed E-state index contributed by atoms with van der Waals surface area (Å²) in [7, 11) is 0. The number of benzene rings is 1. The third-order valence-electron chi connectivity index (χ3n) is 4.54. The fraction of sp³-hybridized carbons (Fsp3) is 0.353. The smallest absolute Gasteiger partial charge is 0.311 e. The maximum absolute atomic E-state index is 13.3. The van der Waals surface area contributed by atoms with E-state index in [1.807, 2.05) is 0 Å². The molecule has 0 saturated carbocycles. The standard InChI is InChI=1S/C17H17FN2O5/c18-10-1-2-11-12(8-14(21)20-13(11)7-10)15(22)19-9-17(16(23)24)3-5-25-6-4-17/h1-2,7-8H,3-6,9H2,(H,19,22)(H,20,21)(H,23,24). The lowest BCUT2D eigenvalue weighted by molar-refractivity contribution is -0.154. The number of hydrogen-bond donors (Lipinski definition) is 3. The number of aromatic nitrogens is 1. The van der Waals surface area contributed by atoms with Crippen LogP contribution < -0.4 is 10.9 Å².